The summed E-state index contributed by atoms with van der Waals surface area (Å²) >= 11 is -0.162. The van der Waals surface area contributed by atoms with Crippen LogP contribution in [0.1, 0.15) is 11.1 Å². The summed E-state index contributed by atoms with van der Waals surface area (Å²) in [5.41, 5.74) is -26.0. The van der Waals surface area contributed by atoms with E-state index < -0.39 is 289 Å². The fourth-order valence-electron chi connectivity index (χ4n) is 13.6. The minimum Gasteiger partial charge on any atom is -0.457 e. The predicted molar refractivity (Wildman–Crippen MR) is 360 cm³/mol. The molecular weight excluding hydrogens is 1920 g/mol. The van der Waals surface area contributed by atoms with Crippen molar-refractivity contribution < 1.29 is 202 Å². The molecule has 13 rings (SSSR count). The van der Waals surface area contributed by atoms with Gasteiger partial charge in [0.15, 0.2) is 161 Å². The van der Waals surface area contributed by atoms with E-state index in [4.69, 9.17) is 4.74 Å². The Labute approximate surface area is 683 Å². The fraction of sp³-hybridized carbons (Fsp3) is 0.0250. The standard InChI is InChI=1S/C32H27IOS.2C24BF20/c1-24-10-6-8-14-31(24)35(32-15-9-7-11-25(32)2)30-22-20-29(21-23-30)34-28-18-16-27(17-19-28)33-26-12-4-3-5-13-26;2*26-5-1(6(27)14(35)21(42)13(5)34)25(2-7(28)15(36)22(43)16(37)8(2)29,3-9(30)17(38)23(44)18(39)10(3)31)4-11(32)19(40)24(45)20(41)12(4)33/h3-23H,1-2H3;;/q+2;2*-1. The smallest absolute Gasteiger partial charge is 0.357 e. The van der Waals surface area contributed by atoms with Crippen LogP contribution in [0.4, 0.5) is 176 Å². The lowest BCUT2D eigenvalue weighted by Gasteiger charge is -2.44. The van der Waals surface area contributed by atoms with E-state index in [1.165, 1.54) is 33.0 Å². The zero-order valence-electron chi connectivity index (χ0n) is 60.1. The Balaban J connectivity index is 0.000000184. The van der Waals surface area contributed by atoms with Gasteiger partial charge in [-0.05, 0) is 86.6 Å². The molecule has 0 aliphatic rings. The van der Waals surface area contributed by atoms with E-state index in [1.54, 1.807) is 0 Å². The molecule has 0 N–H and O–H groups in total. The summed E-state index contributed by atoms with van der Waals surface area (Å²) in [6.07, 6.45) is -14.4. The molecule has 0 fully saturated rings. The number of aryl methyl sites for hydroxylation is 2. The van der Waals surface area contributed by atoms with Crippen LogP contribution in [0, 0.1) is 254 Å². The molecule has 45 heteroatoms. The van der Waals surface area contributed by atoms with Gasteiger partial charge in [0.25, 0.3) is 0 Å². The van der Waals surface area contributed by atoms with E-state index in [2.05, 4.69) is 141 Å². The lowest BCUT2D eigenvalue weighted by atomic mass is 9.12. The van der Waals surface area contributed by atoms with E-state index >= 15 is 70.2 Å². The van der Waals surface area contributed by atoms with Crippen molar-refractivity contribution in [3.8, 4) is 11.5 Å². The van der Waals surface area contributed by atoms with E-state index in [0.717, 1.165) is 11.5 Å². The highest BCUT2D eigenvalue weighted by Crippen LogP contribution is 2.39. The molecule has 13 aromatic carbocycles. The second-order valence-electron chi connectivity index (χ2n) is 25.9. The summed E-state index contributed by atoms with van der Waals surface area (Å²) in [6.45, 7) is 4.41. The fourth-order valence-corrected chi connectivity index (χ4v) is 18.2. The van der Waals surface area contributed by atoms with Crippen molar-refractivity contribution in [3.05, 3.63) is 378 Å². The lowest BCUT2D eigenvalue weighted by molar-refractivity contribution is -0.597. The van der Waals surface area contributed by atoms with Gasteiger partial charge in [-0.1, -0.05) is 54.6 Å². The van der Waals surface area contributed by atoms with Gasteiger partial charge in [0, 0.05) is 11.1 Å². The number of benzene rings is 13. The van der Waals surface area contributed by atoms with Crippen LogP contribution in [0.25, 0.3) is 0 Å². The van der Waals surface area contributed by atoms with Gasteiger partial charge in [-0.3, -0.25) is 0 Å². The van der Waals surface area contributed by atoms with E-state index in [9.17, 15) is 105 Å². The molecule has 0 bridgehead atoms. The highest BCUT2D eigenvalue weighted by atomic mass is 127. The van der Waals surface area contributed by atoms with Crippen LogP contribution in [-0.2, 0) is 10.9 Å². The third-order valence-corrected chi connectivity index (χ3v) is 24.3. The molecule has 0 atom stereocenters. The molecule has 652 valence electrons. The zero-order valence-corrected chi connectivity index (χ0v) is 63.1. The van der Waals surface area contributed by atoms with Crippen molar-refractivity contribution in [2.75, 3.05) is 0 Å². The normalized spacial score (nSPS) is 11.7. The Morgan fingerprint density at radius 2 is 0.344 bits per heavy atom. The molecular formula is C80H27B2F40IOS. The van der Waals surface area contributed by atoms with Crippen LogP contribution in [0.5, 0.6) is 11.5 Å². The Morgan fingerprint density at radius 3 is 0.536 bits per heavy atom. The van der Waals surface area contributed by atoms with Crippen LogP contribution >= 0.6 is 0 Å². The first-order chi connectivity index (χ1) is 58.6. The van der Waals surface area contributed by atoms with Crippen LogP contribution < -0.4 is 69.6 Å². The number of hydrogen-bond acceptors (Lipinski definition) is 1. The first-order valence-corrected chi connectivity index (χ1v) is 36.9. The summed E-state index contributed by atoms with van der Waals surface area (Å²) < 4.78 is 597. The van der Waals surface area contributed by atoms with Crippen LogP contribution in [-0.4, -0.2) is 12.3 Å². The van der Waals surface area contributed by atoms with E-state index in [0.29, 0.717) is 0 Å². The molecule has 0 amide bonds. The highest BCUT2D eigenvalue weighted by molar-refractivity contribution is 7.97. The first kappa shape index (κ1) is 93.8. The first-order valence-electron chi connectivity index (χ1n) is 33.5. The second kappa shape index (κ2) is 35.6. The summed E-state index contributed by atoms with van der Waals surface area (Å²) in [4.78, 5) is 4.03. The average molecular weight is 1940 g/mol. The van der Waals surface area contributed by atoms with E-state index in [-0.39, 0.29) is 32.1 Å². The molecule has 0 heterocycles. The SMILES string of the molecule is Cc1ccccc1[S+](c1ccc(Oc2ccc([I+]c3ccccc3)cc2)cc1)c1ccccc1C.Fc1c(F)c(F)c([B-](c2c(F)c(F)c(F)c(F)c2F)(c2c(F)c(F)c(F)c(F)c2F)c2c(F)c(F)c(F)c(F)c2F)c(F)c1F.Fc1c(F)c(F)c([B-](c2c(F)c(F)c(F)c(F)c2F)(c2c(F)c(F)c(F)c(F)c2F)c2c(F)c(F)c(F)c(F)c2F)c(F)c1F. The lowest BCUT2D eigenvalue weighted by Crippen LogP contribution is -3.61. The monoisotopic (exact) mass is 1940 g/mol. The van der Waals surface area contributed by atoms with Crippen LogP contribution in [0.15, 0.2) is 142 Å². The molecule has 0 saturated carbocycles. The number of ether oxygens (including phenoxy) is 1. The summed E-state index contributed by atoms with van der Waals surface area (Å²) in [5.74, 6) is -141. The summed E-state index contributed by atoms with van der Waals surface area (Å²) in [6, 6.07) is 45.3. The molecule has 0 aliphatic heterocycles. The quantitative estimate of drug-likeness (QED) is 0.0248. The molecule has 125 heavy (non-hydrogen) atoms. The minimum absolute atomic E-state index is 0.162. The van der Waals surface area contributed by atoms with Crippen molar-refractivity contribution in [3.63, 3.8) is 0 Å². The minimum atomic E-state index is -7.22. The van der Waals surface area contributed by atoms with Crippen molar-refractivity contribution in [2.24, 2.45) is 0 Å². The zero-order chi connectivity index (χ0) is 92.7. The van der Waals surface area contributed by atoms with Crippen molar-refractivity contribution in [1.82, 2.24) is 0 Å². The van der Waals surface area contributed by atoms with Crippen molar-refractivity contribution in [2.45, 2.75) is 28.5 Å². The third-order valence-electron chi connectivity index (χ3n) is 19.1. The van der Waals surface area contributed by atoms with Gasteiger partial charge in [0.2, 0.25) is 0 Å². The number of hydrogen-bond donors (Lipinski definition) is 0. The van der Waals surface area contributed by atoms with Gasteiger partial charge in [-0.25, -0.2) is 176 Å². The van der Waals surface area contributed by atoms with Gasteiger partial charge >= 0.3 is 21.2 Å². The van der Waals surface area contributed by atoms with Crippen LogP contribution in [0.2, 0.25) is 0 Å². The predicted octanol–water partition coefficient (Wildman–Crippen LogP) is 17.0. The molecule has 0 radical (unpaired) electrons. The van der Waals surface area contributed by atoms with Crippen LogP contribution in [0.3, 0.4) is 0 Å². The molecule has 0 aliphatic carbocycles. The molecule has 0 spiro atoms. The number of rotatable bonds is 15. The van der Waals surface area contributed by atoms with Gasteiger partial charge in [-0.2, -0.15) is 0 Å². The summed E-state index contributed by atoms with van der Waals surface area (Å²) in [7, 11) is -0.167. The van der Waals surface area contributed by atoms with Gasteiger partial charge < -0.3 is 4.74 Å². The Morgan fingerprint density at radius 1 is 0.184 bits per heavy atom. The number of halogens is 41. The Bertz CT molecular complexity index is 5470. The molecule has 0 saturated heterocycles. The molecule has 1 nitrogen and oxygen atoms in total. The van der Waals surface area contributed by atoms with Crippen molar-refractivity contribution >= 4 is 66.9 Å². The van der Waals surface area contributed by atoms with Gasteiger partial charge in [-0.15, -0.1) is 43.7 Å². The average Bonchev–Trinajstić information content (AvgIpc) is 0.684. The van der Waals surface area contributed by atoms with E-state index in [1.807, 2.05) is 0 Å². The largest absolute Gasteiger partial charge is 0.457 e. The third kappa shape index (κ3) is 15.3. The summed E-state index contributed by atoms with van der Waals surface area (Å²) in [5, 5.41) is 0. The van der Waals surface area contributed by atoms with Gasteiger partial charge in [0.1, 0.15) is 117 Å². The highest BCUT2D eigenvalue weighted by Gasteiger charge is 2.55. The maximum atomic E-state index is 15.4. The second-order valence-corrected chi connectivity index (χ2v) is 30.8. The Kier molecular flexibility index (Phi) is 26.7. The topological polar surface area (TPSA) is 9.23 Å². The molecule has 0 unspecified atom stereocenters. The molecule has 0 aromatic heterocycles. The molecule has 13 aromatic rings. The van der Waals surface area contributed by atoms with Gasteiger partial charge in [0.05, 0.1) is 10.9 Å². The van der Waals surface area contributed by atoms with Crippen molar-refractivity contribution in [1.29, 1.82) is 0 Å². The Hall–Kier alpha value is -11.9. The maximum Gasteiger partial charge on any atom is 0.357 e. The maximum absolute atomic E-state index is 15.4.